The normalized spacial score (nSPS) is 17.0. The number of aliphatic hydroxyl groups excluding tert-OH is 1. The summed E-state index contributed by atoms with van der Waals surface area (Å²) >= 11 is 1.38. The predicted octanol–water partition coefficient (Wildman–Crippen LogP) is 5.30. The van der Waals surface area contributed by atoms with Gasteiger partial charge in [0.1, 0.15) is 17.6 Å². The number of aromatic amines is 1. The van der Waals surface area contributed by atoms with Crippen molar-refractivity contribution in [3.8, 4) is 17.2 Å². The second kappa shape index (κ2) is 10.2. The van der Waals surface area contributed by atoms with E-state index < -0.39 is 17.7 Å². The second-order valence-electron chi connectivity index (χ2n) is 9.20. The number of amides is 1. The molecule has 0 aliphatic carbocycles. The van der Waals surface area contributed by atoms with E-state index in [0.717, 1.165) is 0 Å². The minimum absolute atomic E-state index is 0.0103. The van der Waals surface area contributed by atoms with Gasteiger partial charge in [0.05, 0.1) is 37.4 Å². The third kappa shape index (κ3) is 4.47. The molecule has 1 aliphatic heterocycles. The van der Waals surface area contributed by atoms with Crippen LogP contribution in [-0.2, 0) is 9.59 Å². The van der Waals surface area contributed by atoms with E-state index in [1.165, 1.54) is 30.5 Å². The average molecular weight is 534 g/mol. The highest BCUT2D eigenvalue weighted by atomic mass is 32.1. The summed E-state index contributed by atoms with van der Waals surface area (Å²) in [5.74, 6) is 0.315. The number of hydrogen-bond acceptors (Lipinski definition) is 8. The van der Waals surface area contributed by atoms with E-state index in [1.54, 1.807) is 36.4 Å². The fourth-order valence-corrected chi connectivity index (χ4v) is 5.16. The van der Waals surface area contributed by atoms with Crippen LogP contribution in [0.15, 0.2) is 59.5 Å². The van der Waals surface area contributed by atoms with Gasteiger partial charge in [-0.15, -0.1) is 11.3 Å². The van der Waals surface area contributed by atoms with Gasteiger partial charge in [-0.3, -0.25) is 14.5 Å². The Hall–Kier alpha value is -4.31. The number of imidazole rings is 1. The Morgan fingerprint density at radius 3 is 2.45 bits per heavy atom. The Labute approximate surface area is 223 Å². The number of rotatable bonds is 8. The summed E-state index contributed by atoms with van der Waals surface area (Å²) in [4.78, 5) is 36.5. The molecular weight excluding hydrogens is 506 g/mol. The molecule has 1 amide bonds. The van der Waals surface area contributed by atoms with Gasteiger partial charge < -0.3 is 24.3 Å². The Kier molecular flexibility index (Phi) is 6.81. The zero-order valence-electron chi connectivity index (χ0n) is 21.3. The highest BCUT2D eigenvalue weighted by molar-refractivity contribution is 7.10. The van der Waals surface area contributed by atoms with Crippen LogP contribution in [0.1, 0.15) is 30.3 Å². The fourth-order valence-electron chi connectivity index (χ4n) is 4.33. The van der Waals surface area contributed by atoms with Crippen LogP contribution in [0.25, 0.3) is 16.8 Å². The Morgan fingerprint density at radius 2 is 1.82 bits per heavy atom. The van der Waals surface area contributed by atoms with Crippen LogP contribution in [0.5, 0.6) is 17.2 Å². The van der Waals surface area contributed by atoms with Crippen molar-refractivity contribution in [3.63, 3.8) is 0 Å². The first-order valence-corrected chi connectivity index (χ1v) is 12.9. The average Bonchev–Trinajstić information content (AvgIpc) is 3.65. The molecule has 2 N–H and O–H groups in total. The first-order chi connectivity index (χ1) is 18.3. The maximum absolute atomic E-state index is 13.4. The number of ketones is 1. The van der Waals surface area contributed by atoms with E-state index >= 15 is 0 Å². The first kappa shape index (κ1) is 25.3. The zero-order valence-corrected chi connectivity index (χ0v) is 22.2. The Balaban J connectivity index is 1.59. The Morgan fingerprint density at radius 1 is 1.11 bits per heavy atom. The van der Waals surface area contributed by atoms with Crippen molar-refractivity contribution in [3.05, 3.63) is 69.9 Å². The van der Waals surface area contributed by atoms with Crippen LogP contribution in [0.3, 0.4) is 0 Å². The number of nitrogens with zero attached hydrogens (tertiary/aromatic N) is 2. The maximum atomic E-state index is 13.4. The molecule has 4 aromatic rings. The number of carbonyl (C=O) groups is 2. The molecule has 9 nitrogen and oxygen atoms in total. The molecule has 0 radical (unpaired) electrons. The van der Waals surface area contributed by atoms with Gasteiger partial charge in [0.15, 0.2) is 11.5 Å². The van der Waals surface area contributed by atoms with Gasteiger partial charge in [-0.2, -0.15) is 0 Å². The molecule has 0 spiro atoms. The SMILES string of the molecule is COc1cc2nc(N3C(=O)C(=O)/C(=C(/O)c4ccc(OCC(C)C)cc4)C3c3cccs3)[nH]c2cc1OC. The largest absolute Gasteiger partial charge is 0.507 e. The fraction of sp³-hybridized carbons (Fsp3) is 0.250. The van der Waals surface area contributed by atoms with Crippen molar-refractivity contribution >= 4 is 45.8 Å². The molecule has 10 heteroatoms. The number of H-pyrrole nitrogens is 1. The van der Waals surface area contributed by atoms with Gasteiger partial charge in [0, 0.05) is 22.6 Å². The number of benzene rings is 2. The number of fused-ring (bicyclic) bond motifs is 1. The third-order valence-electron chi connectivity index (χ3n) is 6.17. The molecule has 5 rings (SSSR count). The molecular formula is C28H27N3O6S. The predicted molar refractivity (Wildman–Crippen MR) is 145 cm³/mol. The smallest absolute Gasteiger partial charge is 0.302 e. The number of thiophene rings is 1. The highest BCUT2D eigenvalue weighted by Gasteiger charge is 2.48. The van der Waals surface area contributed by atoms with E-state index in [-0.39, 0.29) is 17.3 Å². The number of Topliss-reactive ketones (excluding diaryl/α,β-unsaturated/α-hetero) is 1. The van der Waals surface area contributed by atoms with Crippen molar-refractivity contribution in [2.45, 2.75) is 19.9 Å². The van der Waals surface area contributed by atoms with Crippen LogP contribution in [-0.4, -0.2) is 47.6 Å². The molecule has 2 aromatic heterocycles. The third-order valence-corrected chi connectivity index (χ3v) is 7.10. The topological polar surface area (TPSA) is 114 Å². The zero-order chi connectivity index (χ0) is 27.0. The molecule has 0 saturated carbocycles. The quantitative estimate of drug-likeness (QED) is 0.179. The number of ether oxygens (including phenoxy) is 3. The van der Waals surface area contributed by atoms with Crippen LogP contribution in [0, 0.1) is 5.92 Å². The van der Waals surface area contributed by atoms with Gasteiger partial charge in [-0.25, -0.2) is 4.98 Å². The van der Waals surface area contributed by atoms with E-state index in [4.69, 9.17) is 14.2 Å². The molecule has 1 unspecified atom stereocenters. The van der Waals surface area contributed by atoms with Crippen LogP contribution in [0.4, 0.5) is 5.95 Å². The molecule has 38 heavy (non-hydrogen) atoms. The summed E-state index contributed by atoms with van der Waals surface area (Å²) in [6, 6.07) is 13.0. The van der Waals surface area contributed by atoms with Crippen molar-refractivity contribution in [2.75, 3.05) is 25.7 Å². The maximum Gasteiger partial charge on any atom is 0.302 e. The van der Waals surface area contributed by atoms with E-state index in [2.05, 4.69) is 23.8 Å². The number of methoxy groups -OCH3 is 2. The van der Waals surface area contributed by atoms with Crippen LogP contribution in [0.2, 0.25) is 0 Å². The van der Waals surface area contributed by atoms with Crippen molar-refractivity contribution in [1.82, 2.24) is 9.97 Å². The number of nitrogens with one attached hydrogen (secondary N) is 1. The number of aromatic nitrogens is 2. The van der Waals surface area contributed by atoms with Gasteiger partial charge in [-0.1, -0.05) is 19.9 Å². The minimum Gasteiger partial charge on any atom is -0.507 e. The molecule has 1 fully saturated rings. The highest BCUT2D eigenvalue weighted by Crippen LogP contribution is 2.43. The monoisotopic (exact) mass is 533 g/mol. The molecule has 196 valence electrons. The lowest BCUT2D eigenvalue weighted by Gasteiger charge is -2.21. The lowest BCUT2D eigenvalue weighted by Crippen LogP contribution is -2.30. The number of anilines is 1. The summed E-state index contributed by atoms with van der Waals surface area (Å²) in [7, 11) is 3.05. The van der Waals surface area contributed by atoms with Gasteiger partial charge >= 0.3 is 5.91 Å². The molecule has 1 atom stereocenters. The first-order valence-electron chi connectivity index (χ1n) is 12.0. The van der Waals surface area contributed by atoms with Crippen molar-refractivity contribution in [1.29, 1.82) is 0 Å². The van der Waals surface area contributed by atoms with Crippen LogP contribution >= 0.6 is 11.3 Å². The van der Waals surface area contributed by atoms with Crippen molar-refractivity contribution < 1.29 is 28.9 Å². The number of aliphatic hydroxyl groups is 1. The summed E-state index contributed by atoms with van der Waals surface area (Å²) in [6.07, 6.45) is 0. The molecule has 1 saturated heterocycles. The molecule has 0 bridgehead atoms. The number of hydrogen-bond donors (Lipinski definition) is 2. The second-order valence-corrected chi connectivity index (χ2v) is 10.2. The summed E-state index contributed by atoms with van der Waals surface area (Å²) in [5.41, 5.74) is 1.52. The minimum atomic E-state index is -0.865. The molecule has 1 aliphatic rings. The molecule has 2 aromatic carbocycles. The van der Waals surface area contributed by atoms with Crippen LogP contribution < -0.4 is 19.1 Å². The number of carbonyl (C=O) groups excluding carboxylic acids is 2. The van der Waals surface area contributed by atoms with Gasteiger partial charge in [0.25, 0.3) is 5.78 Å². The van der Waals surface area contributed by atoms with E-state index in [0.29, 0.717) is 51.2 Å². The molecule has 3 heterocycles. The standard InChI is InChI=1S/C28H27N3O6S/c1-15(2)14-37-17-9-7-16(8-10-17)25(32)23-24(22-6-5-11-38-22)31(27(34)26(23)33)28-29-18-12-20(35-3)21(36-4)13-19(18)30-28/h5-13,15,24,32H,14H2,1-4H3,(H,29,30)/b25-23+. The van der Waals surface area contributed by atoms with Crippen molar-refractivity contribution in [2.24, 2.45) is 5.92 Å². The van der Waals surface area contributed by atoms with E-state index in [1.807, 2.05) is 17.5 Å². The summed E-state index contributed by atoms with van der Waals surface area (Å²) in [6.45, 7) is 4.67. The van der Waals surface area contributed by atoms with Gasteiger partial charge in [-0.05, 0) is 41.6 Å². The lowest BCUT2D eigenvalue weighted by atomic mass is 10.00. The van der Waals surface area contributed by atoms with E-state index in [9.17, 15) is 14.7 Å². The summed E-state index contributed by atoms with van der Waals surface area (Å²) < 4.78 is 16.5. The Bertz CT molecular complexity index is 1480. The summed E-state index contributed by atoms with van der Waals surface area (Å²) in [5, 5.41) is 13.2. The van der Waals surface area contributed by atoms with Gasteiger partial charge in [0.2, 0.25) is 5.95 Å². The lowest BCUT2D eigenvalue weighted by molar-refractivity contribution is -0.132.